The Morgan fingerprint density at radius 2 is 1.81 bits per heavy atom. The van der Waals surface area contributed by atoms with Crippen molar-refractivity contribution in [1.82, 2.24) is 14.7 Å². The number of carbonyl (C=O) groups excluding carboxylic acids is 1. The van der Waals surface area contributed by atoms with Crippen LogP contribution in [-0.4, -0.2) is 77.1 Å². The molecule has 1 atom stereocenters. The third kappa shape index (κ3) is 4.13. The molecule has 0 bridgehead atoms. The van der Waals surface area contributed by atoms with E-state index in [9.17, 15) is 9.90 Å². The molecule has 3 aliphatic heterocycles. The van der Waals surface area contributed by atoms with Gasteiger partial charge >= 0.3 is 0 Å². The van der Waals surface area contributed by atoms with Gasteiger partial charge in [-0.2, -0.15) is 0 Å². The van der Waals surface area contributed by atoms with Crippen LogP contribution in [0.3, 0.4) is 0 Å². The second-order valence-electron chi connectivity index (χ2n) is 8.06. The van der Waals surface area contributed by atoms with Gasteiger partial charge in [0.15, 0.2) is 5.76 Å². The topological polar surface area (TPSA) is 60.2 Å². The number of amides is 1. The molecule has 3 fully saturated rings. The van der Waals surface area contributed by atoms with Crippen molar-refractivity contribution in [2.24, 2.45) is 0 Å². The largest absolute Gasteiger partial charge is 0.455 e. The Morgan fingerprint density at radius 1 is 1.04 bits per heavy atom. The Labute approximate surface area is 155 Å². The fourth-order valence-electron chi connectivity index (χ4n) is 4.64. The Kier molecular flexibility index (Phi) is 5.62. The Bertz CT molecular complexity index is 603. The summed E-state index contributed by atoms with van der Waals surface area (Å²) < 4.78 is 5.84. The van der Waals surface area contributed by atoms with Gasteiger partial charge in [-0.05, 0) is 70.3 Å². The molecule has 0 radical (unpaired) electrons. The normalized spacial score (nSPS) is 26.5. The van der Waals surface area contributed by atoms with Crippen molar-refractivity contribution < 1.29 is 14.3 Å². The van der Waals surface area contributed by atoms with Crippen LogP contribution >= 0.6 is 0 Å². The number of nitrogens with zero attached hydrogens (tertiary/aromatic N) is 3. The lowest BCUT2D eigenvalue weighted by atomic mass is 9.99. The lowest BCUT2D eigenvalue weighted by molar-refractivity contribution is 0.0233. The molecule has 0 aliphatic carbocycles. The van der Waals surface area contributed by atoms with Gasteiger partial charge in [0.25, 0.3) is 5.91 Å². The van der Waals surface area contributed by atoms with Crippen molar-refractivity contribution in [2.45, 2.75) is 57.2 Å². The average molecular weight is 361 g/mol. The maximum atomic E-state index is 12.8. The summed E-state index contributed by atoms with van der Waals surface area (Å²) in [6.45, 7) is 6.49. The van der Waals surface area contributed by atoms with Gasteiger partial charge in [-0.25, -0.2) is 0 Å². The molecular weight excluding hydrogens is 330 g/mol. The highest BCUT2D eigenvalue weighted by Crippen LogP contribution is 2.23. The van der Waals surface area contributed by atoms with Crippen LogP contribution in [0, 0.1) is 0 Å². The summed E-state index contributed by atoms with van der Waals surface area (Å²) >= 11 is 0. The highest BCUT2D eigenvalue weighted by atomic mass is 16.4. The van der Waals surface area contributed by atoms with Crippen molar-refractivity contribution in [1.29, 1.82) is 0 Å². The number of likely N-dealkylation sites (tertiary alicyclic amines) is 3. The SMILES string of the molecule is O=C(c1ccc(CN2CCCC2)o1)N1CCC(N2CCCC(O)C2)CC1. The van der Waals surface area contributed by atoms with Crippen LogP contribution in [0.5, 0.6) is 0 Å². The van der Waals surface area contributed by atoms with Gasteiger partial charge in [-0.3, -0.25) is 14.6 Å². The predicted molar refractivity (Wildman–Crippen MR) is 99.0 cm³/mol. The molecule has 1 aromatic heterocycles. The van der Waals surface area contributed by atoms with Crippen molar-refractivity contribution in [3.8, 4) is 0 Å². The molecule has 0 spiro atoms. The van der Waals surface area contributed by atoms with Crippen molar-refractivity contribution >= 4 is 5.91 Å². The number of hydrogen-bond acceptors (Lipinski definition) is 5. The van der Waals surface area contributed by atoms with E-state index in [0.29, 0.717) is 11.8 Å². The highest BCUT2D eigenvalue weighted by molar-refractivity contribution is 5.91. The van der Waals surface area contributed by atoms with Gasteiger partial charge in [-0.1, -0.05) is 0 Å². The lowest BCUT2D eigenvalue weighted by Gasteiger charge is -2.41. The Hall–Kier alpha value is -1.37. The third-order valence-corrected chi connectivity index (χ3v) is 6.15. The van der Waals surface area contributed by atoms with Crippen LogP contribution in [0.4, 0.5) is 0 Å². The summed E-state index contributed by atoms with van der Waals surface area (Å²) in [4.78, 5) is 19.5. The Morgan fingerprint density at radius 3 is 2.54 bits per heavy atom. The zero-order chi connectivity index (χ0) is 17.9. The minimum absolute atomic E-state index is 0.0230. The second kappa shape index (κ2) is 8.11. The zero-order valence-electron chi connectivity index (χ0n) is 15.6. The first-order chi connectivity index (χ1) is 12.7. The third-order valence-electron chi connectivity index (χ3n) is 6.15. The van der Waals surface area contributed by atoms with E-state index in [1.807, 2.05) is 17.0 Å². The number of aliphatic hydroxyl groups excluding tert-OH is 1. The fraction of sp³-hybridized carbons (Fsp3) is 0.750. The molecule has 0 aromatic carbocycles. The molecule has 1 aromatic rings. The average Bonchev–Trinajstić information content (AvgIpc) is 3.34. The first-order valence-corrected chi connectivity index (χ1v) is 10.2. The molecular formula is C20H31N3O3. The molecule has 0 saturated carbocycles. The van der Waals surface area contributed by atoms with Crippen LogP contribution in [0.15, 0.2) is 16.5 Å². The first-order valence-electron chi connectivity index (χ1n) is 10.2. The first kappa shape index (κ1) is 18.0. The number of β-amino-alcohol motifs (C(OH)–C–C–N with tert-alkyl or cyclic N) is 1. The summed E-state index contributed by atoms with van der Waals surface area (Å²) in [6.07, 6.45) is 6.31. The lowest BCUT2D eigenvalue weighted by Crippen LogP contribution is -2.50. The van der Waals surface area contributed by atoms with E-state index in [1.165, 1.54) is 12.8 Å². The highest BCUT2D eigenvalue weighted by Gasteiger charge is 2.30. The predicted octanol–water partition coefficient (Wildman–Crippen LogP) is 1.94. The molecule has 6 nitrogen and oxygen atoms in total. The maximum Gasteiger partial charge on any atom is 0.289 e. The summed E-state index contributed by atoms with van der Waals surface area (Å²) in [7, 11) is 0. The van der Waals surface area contributed by atoms with Crippen molar-refractivity contribution in [3.05, 3.63) is 23.7 Å². The fourth-order valence-corrected chi connectivity index (χ4v) is 4.64. The summed E-state index contributed by atoms with van der Waals surface area (Å²) in [5.74, 6) is 1.40. The van der Waals surface area contributed by atoms with E-state index < -0.39 is 0 Å². The van der Waals surface area contributed by atoms with E-state index in [4.69, 9.17) is 4.42 Å². The van der Waals surface area contributed by atoms with Gasteiger partial charge in [0.05, 0.1) is 12.6 Å². The number of hydrogen-bond donors (Lipinski definition) is 1. The summed E-state index contributed by atoms with van der Waals surface area (Å²) in [5.41, 5.74) is 0. The van der Waals surface area contributed by atoms with Crippen LogP contribution in [-0.2, 0) is 6.54 Å². The molecule has 3 aliphatic rings. The molecule has 1 amide bonds. The van der Waals surface area contributed by atoms with E-state index in [1.54, 1.807) is 0 Å². The second-order valence-corrected chi connectivity index (χ2v) is 8.06. The van der Waals surface area contributed by atoms with Crippen molar-refractivity contribution in [3.63, 3.8) is 0 Å². The molecule has 4 heterocycles. The van der Waals surface area contributed by atoms with E-state index >= 15 is 0 Å². The molecule has 3 saturated heterocycles. The number of piperidine rings is 2. The zero-order valence-corrected chi connectivity index (χ0v) is 15.6. The smallest absolute Gasteiger partial charge is 0.289 e. The van der Waals surface area contributed by atoms with Crippen LogP contribution in [0.25, 0.3) is 0 Å². The van der Waals surface area contributed by atoms with Gasteiger partial charge in [0.1, 0.15) is 5.76 Å². The molecule has 4 rings (SSSR count). The quantitative estimate of drug-likeness (QED) is 0.888. The minimum Gasteiger partial charge on any atom is -0.455 e. The van der Waals surface area contributed by atoms with Crippen LogP contribution < -0.4 is 0 Å². The molecule has 26 heavy (non-hydrogen) atoms. The minimum atomic E-state index is -0.180. The van der Waals surface area contributed by atoms with Crippen LogP contribution in [0.1, 0.15) is 54.8 Å². The number of furan rings is 1. The molecule has 1 unspecified atom stereocenters. The van der Waals surface area contributed by atoms with E-state index in [-0.39, 0.29) is 12.0 Å². The maximum absolute atomic E-state index is 12.8. The van der Waals surface area contributed by atoms with E-state index in [2.05, 4.69) is 9.80 Å². The van der Waals surface area contributed by atoms with E-state index in [0.717, 1.165) is 77.3 Å². The summed E-state index contributed by atoms with van der Waals surface area (Å²) in [6, 6.07) is 4.28. The number of rotatable bonds is 4. The standard InChI is InChI=1S/C20H31N3O3/c24-17-4-3-11-23(14-17)16-7-12-22(13-8-16)20(25)19-6-5-18(26-19)15-21-9-1-2-10-21/h5-6,16-17,24H,1-4,7-15H2. The number of aliphatic hydroxyl groups is 1. The van der Waals surface area contributed by atoms with Crippen molar-refractivity contribution in [2.75, 3.05) is 39.3 Å². The monoisotopic (exact) mass is 361 g/mol. The molecule has 6 heteroatoms. The van der Waals surface area contributed by atoms with Gasteiger partial charge < -0.3 is 14.4 Å². The van der Waals surface area contributed by atoms with Crippen LogP contribution in [0.2, 0.25) is 0 Å². The van der Waals surface area contributed by atoms with Gasteiger partial charge in [-0.15, -0.1) is 0 Å². The van der Waals surface area contributed by atoms with Gasteiger partial charge in [0, 0.05) is 25.7 Å². The Balaban J connectivity index is 1.28. The molecule has 144 valence electrons. The summed E-state index contributed by atoms with van der Waals surface area (Å²) in [5, 5.41) is 9.88. The molecule has 1 N–H and O–H groups in total. The number of carbonyl (C=O) groups is 1. The van der Waals surface area contributed by atoms with Gasteiger partial charge in [0.2, 0.25) is 0 Å².